The first-order valence-corrected chi connectivity index (χ1v) is 8.10. The molecule has 0 N–H and O–H groups in total. The van der Waals surface area contributed by atoms with E-state index >= 15 is 0 Å². The Kier molecular flexibility index (Phi) is 5.36. The number of carbonyl (C=O) groups is 1. The third-order valence-corrected chi connectivity index (χ3v) is 4.09. The minimum absolute atomic E-state index is 0.0779. The third kappa shape index (κ3) is 4.06. The summed E-state index contributed by atoms with van der Waals surface area (Å²) in [6.07, 6.45) is 3.58. The van der Waals surface area contributed by atoms with Crippen molar-refractivity contribution < 1.29 is 23.0 Å². The van der Waals surface area contributed by atoms with E-state index < -0.39 is 17.6 Å². The van der Waals surface area contributed by atoms with Crippen molar-refractivity contribution in [2.75, 3.05) is 7.11 Å². The summed E-state index contributed by atoms with van der Waals surface area (Å²) in [5, 5.41) is 0.0779. The number of aryl methyl sites for hydroxylation is 1. The highest BCUT2D eigenvalue weighted by molar-refractivity contribution is 6.30. The summed E-state index contributed by atoms with van der Waals surface area (Å²) in [5.41, 5.74) is 1.42. The van der Waals surface area contributed by atoms with E-state index in [-0.39, 0.29) is 17.5 Å². The van der Waals surface area contributed by atoms with Gasteiger partial charge < -0.3 is 14.0 Å². The lowest BCUT2D eigenvalue weighted by Gasteiger charge is -2.12. The molecular formula is C18H14ClF2N3O3. The largest absolute Gasteiger partial charge is 0.486 e. The van der Waals surface area contributed by atoms with E-state index in [9.17, 15) is 13.6 Å². The van der Waals surface area contributed by atoms with Gasteiger partial charge in [-0.1, -0.05) is 11.6 Å². The van der Waals surface area contributed by atoms with Crippen LogP contribution in [0.4, 0.5) is 8.78 Å². The number of rotatable bonds is 5. The minimum Gasteiger partial charge on any atom is -0.486 e. The second kappa shape index (κ2) is 7.71. The molecule has 3 aromatic rings. The van der Waals surface area contributed by atoms with E-state index in [0.29, 0.717) is 22.5 Å². The zero-order chi connectivity index (χ0) is 19.6. The van der Waals surface area contributed by atoms with E-state index in [2.05, 4.69) is 9.97 Å². The zero-order valence-corrected chi connectivity index (χ0v) is 15.1. The van der Waals surface area contributed by atoms with Crippen LogP contribution >= 0.6 is 11.6 Å². The predicted octanol–water partition coefficient (Wildman–Crippen LogP) is 3.78. The molecule has 0 amide bonds. The Labute approximate surface area is 158 Å². The maximum absolute atomic E-state index is 13.7. The van der Waals surface area contributed by atoms with Gasteiger partial charge in [-0.2, -0.15) is 0 Å². The van der Waals surface area contributed by atoms with Crippen LogP contribution in [0.2, 0.25) is 5.15 Å². The molecule has 0 radical (unpaired) electrons. The van der Waals surface area contributed by atoms with Gasteiger partial charge in [0.1, 0.15) is 29.1 Å². The highest BCUT2D eigenvalue weighted by Gasteiger charge is 2.18. The van der Waals surface area contributed by atoms with Gasteiger partial charge in [0.2, 0.25) is 0 Å². The van der Waals surface area contributed by atoms with E-state index in [1.54, 1.807) is 23.9 Å². The van der Waals surface area contributed by atoms with Crippen LogP contribution in [0, 0.1) is 11.6 Å². The third-order valence-electron chi connectivity index (χ3n) is 3.75. The molecule has 27 heavy (non-hydrogen) atoms. The maximum atomic E-state index is 13.7. The monoisotopic (exact) mass is 393 g/mol. The standard InChI is InChI=1S/C18H14ClF2N3O3/c1-24-8-10(18(25)26-2)4-14(24)16-15(5-13(21)6-22-16)27-9-11-3-12(20)7-23-17(11)19/h3-8H,9H2,1-2H3. The number of halogens is 3. The number of aromatic nitrogens is 3. The summed E-state index contributed by atoms with van der Waals surface area (Å²) in [6.45, 7) is -0.143. The van der Waals surface area contributed by atoms with E-state index in [1.807, 2.05) is 0 Å². The van der Waals surface area contributed by atoms with Gasteiger partial charge in [-0.25, -0.2) is 23.5 Å². The van der Waals surface area contributed by atoms with Crippen molar-refractivity contribution >= 4 is 17.6 Å². The van der Waals surface area contributed by atoms with Crippen molar-refractivity contribution in [1.29, 1.82) is 0 Å². The van der Waals surface area contributed by atoms with Crippen LogP contribution in [-0.4, -0.2) is 27.6 Å². The number of carbonyl (C=O) groups excluding carboxylic acids is 1. The fraction of sp³-hybridized carbons (Fsp3) is 0.167. The molecule has 3 aromatic heterocycles. The summed E-state index contributed by atoms with van der Waals surface area (Å²) in [6, 6.07) is 3.88. The summed E-state index contributed by atoms with van der Waals surface area (Å²) in [4.78, 5) is 19.5. The van der Waals surface area contributed by atoms with Gasteiger partial charge in [-0.05, 0) is 12.1 Å². The molecule has 0 aliphatic carbocycles. The molecule has 0 spiro atoms. The Morgan fingerprint density at radius 1 is 1.19 bits per heavy atom. The van der Waals surface area contributed by atoms with Crippen LogP contribution in [-0.2, 0) is 18.4 Å². The van der Waals surface area contributed by atoms with E-state index in [4.69, 9.17) is 21.1 Å². The number of methoxy groups -OCH3 is 1. The molecule has 6 nitrogen and oxygen atoms in total. The lowest BCUT2D eigenvalue weighted by Crippen LogP contribution is -2.02. The first-order chi connectivity index (χ1) is 12.9. The molecular weight excluding hydrogens is 380 g/mol. The highest BCUT2D eigenvalue weighted by Crippen LogP contribution is 2.31. The highest BCUT2D eigenvalue weighted by atomic mass is 35.5. The topological polar surface area (TPSA) is 66.2 Å². The van der Waals surface area contributed by atoms with Gasteiger partial charge >= 0.3 is 5.97 Å². The summed E-state index contributed by atoms with van der Waals surface area (Å²) < 4.78 is 39.0. The van der Waals surface area contributed by atoms with Gasteiger partial charge in [0.15, 0.2) is 5.75 Å². The van der Waals surface area contributed by atoms with Crippen LogP contribution < -0.4 is 4.74 Å². The van der Waals surface area contributed by atoms with Crippen LogP contribution in [0.25, 0.3) is 11.4 Å². The smallest absolute Gasteiger partial charge is 0.339 e. The number of ether oxygens (including phenoxy) is 2. The quantitative estimate of drug-likeness (QED) is 0.487. The Bertz CT molecular complexity index is 1010. The molecule has 140 valence electrons. The number of pyridine rings is 2. The van der Waals surface area contributed by atoms with E-state index in [1.165, 1.54) is 13.2 Å². The molecule has 3 heterocycles. The van der Waals surface area contributed by atoms with Gasteiger partial charge in [0.25, 0.3) is 0 Å². The maximum Gasteiger partial charge on any atom is 0.339 e. The van der Waals surface area contributed by atoms with Crippen LogP contribution in [0.1, 0.15) is 15.9 Å². The van der Waals surface area contributed by atoms with Crippen molar-refractivity contribution in [2.45, 2.75) is 6.61 Å². The lowest BCUT2D eigenvalue weighted by molar-refractivity contribution is 0.0600. The number of hydrogen-bond donors (Lipinski definition) is 0. The predicted molar refractivity (Wildman–Crippen MR) is 93.5 cm³/mol. The first kappa shape index (κ1) is 18.8. The molecule has 0 saturated heterocycles. The van der Waals surface area contributed by atoms with E-state index in [0.717, 1.165) is 18.5 Å². The summed E-state index contributed by atoms with van der Waals surface area (Å²) in [7, 11) is 2.97. The molecule has 0 aliphatic heterocycles. The molecule has 0 unspecified atom stereocenters. The zero-order valence-electron chi connectivity index (χ0n) is 14.4. The van der Waals surface area contributed by atoms with Crippen molar-refractivity contribution in [2.24, 2.45) is 7.05 Å². The fourth-order valence-corrected chi connectivity index (χ4v) is 2.63. The Hall–Kier alpha value is -3.00. The van der Waals surface area contributed by atoms with Crippen molar-refractivity contribution in [1.82, 2.24) is 14.5 Å². The average molecular weight is 394 g/mol. The number of esters is 1. The number of hydrogen-bond acceptors (Lipinski definition) is 5. The molecule has 0 fully saturated rings. The first-order valence-electron chi connectivity index (χ1n) is 7.72. The second-order valence-electron chi connectivity index (χ2n) is 5.61. The molecule has 3 rings (SSSR count). The Morgan fingerprint density at radius 3 is 2.63 bits per heavy atom. The summed E-state index contributed by atoms with van der Waals surface area (Å²) in [5.74, 6) is -1.59. The Morgan fingerprint density at radius 2 is 1.89 bits per heavy atom. The molecule has 0 aromatic carbocycles. The molecule has 0 aliphatic rings. The number of nitrogens with zero attached hydrogens (tertiary/aromatic N) is 3. The second-order valence-corrected chi connectivity index (χ2v) is 5.97. The van der Waals surface area contributed by atoms with Gasteiger partial charge in [-0.15, -0.1) is 0 Å². The van der Waals surface area contributed by atoms with Crippen molar-refractivity contribution in [3.8, 4) is 17.1 Å². The minimum atomic E-state index is -0.611. The van der Waals surface area contributed by atoms with Crippen molar-refractivity contribution in [3.63, 3.8) is 0 Å². The average Bonchev–Trinajstić information content (AvgIpc) is 3.03. The normalized spacial score (nSPS) is 10.7. The molecule has 9 heteroatoms. The van der Waals surface area contributed by atoms with Crippen molar-refractivity contribution in [3.05, 3.63) is 64.7 Å². The fourth-order valence-electron chi connectivity index (χ4n) is 2.47. The van der Waals surface area contributed by atoms with Crippen LogP contribution in [0.5, 0.6) is 5.75 Å². The molecule has 0 bridgehead atoms. The molecule has 0 saturated carbocycles. The lowest BCUT2D eigenvalue weighted by atomic mass is 10.2. The van der Waals surface area contributed by atoms with Crippen LogP contribution in [0.15, 0.2) is 36.8 Å². The summed E-state index contributed by atoms with van der Waals surface area (Å²) >= 11 is 5.93. The van der Waals surface area contributed by atoms with Gasteiger partial charge in [0.05, 0.1) is 30.8 Å². The molecule has 0 atom stereocenters. The Balaban J connectivity index is 1.95. The SMILES string of the molecule is COC(=O)c1cc(-c2ncc(F)cc2OCc2cc(F)cnc2Cl)n(C)c1. The van der Waals surface area contributed by atoms with Crippen LogP contribution in [0.3, 0.4) is 0 Å². The van der Waals surface area contributed by atoms with Gasteiger partial charge in [0, 0.05) is 24.9 Å². The van der Waals surface area contributed by atoms with Gasteiger partial charge in [-0.3, -0.25) is 0 Å².